The number of rotatable bonds is 3. The van der Waals surface area contributed by atoms with Crippen molar-refractivity contribution in [1.82, 2.24) is 4.98 Å². The number of carbonyl (C=O) groups excluding carboxylic acids is 1. The van der Waals surface area contributed by atoms with Crippen LogP contribution in [0.2, 0.25) is 0 Å². The molecule has 0 bridgehead atoms. The summed E-state index contributed by atoms with van der Waals surface area (Å²) in [6, 6.07) is 11.4. The molecule has 1 aromatic carbocycles. The van der Waals surface area contributed by atoms with Crippen molar-refractivity contribution < 1.29 is 4.79 Å². The molecule has 0 radical (unpaired) electrons. The van der Waals surface area contributed by atoms with Gasteiger partial charge in [0.25, 0.3) is 0 Å². The number of aryl methyl sites for hydroxylation is 1. The van der Waals surface area contributed by atoms with Gasteiger partial charge >= 0.3 is 0 Å². The summed E-state index contributed by atoms with van der Waals surface area (Å²) in [6.45, 7) is 0. The highest BCUT2D eigenvalue weighted by atomic mass is 16.1. The molecule has 2 N–H and O–H groups in total. The molecule has 3 rings (SSSR count). The number of nitrogens with zero attached hydrogens (tertiary/aromatic N) is 1. The number of allylic oxidation sites excluding steroid dienone is 1. The molecule has 1 aromatic heterocycles. The standard InChI is InChI=1S/C17H16N2O/c18-14-7-3-12(4-8-14)5-10-16(20)15-9-6-13-2-1-11-19-17(13)15/h1-5,7-8,10-11,15H,6,9,18H2/b10-5+. The zero-order chi connectivity index (χ0) is 13.9. The Bertz CT molecular complexity index is 659. The maximum atomic E-state index is 12.3. The number of ketones is 1. The summed E-state index contributed by atoms with van der Waals surface area (Å²) in [5, 5.41) is 0. The van der Waals surface area contributed by atoms with Crippen LogP contribution in [0.25, 0.3) is 6.08 Å². The van der Waals surface area contributed by atoms with Gasteiger partial charge in [-0.2, -0.15) is 0 Å². The molecule has 1 aliphatic carbocycles. The first-order valence-corrected chi connectivity index (χ1v) is 6.75. The molecule has 20 heavy (non-hydrogen) atoms. The van der Waals surface area contributed by atoms with Gasteiger partial charge in [-0.15, -0.1) is 0 Å². The Morgan fingerprint density at radius 1 is 1.25 bits per heavy atom. The van der Waals surface area contributed by atoms with Gasteiger partial charge in [-0.3, -0.25) is 9.78 Å². The minimum atomic E-state index is -0.0868. The number of fused-ring (bicyclic) bond motifs is 1. The van der Waals surface area contributed by atoms with Crippen LogP contribution in [-0.2, 0) is 11.2 Å². The molecule has 1 aliphatic rings. The molecule has 2 aromatic rings. The van der Waals surface area contributed by atoms with Crippen molar-refractivity contribution in [3.63, 3.8) is 0 Å². The van der Waals surface area contributed by atoms with Gasteiger partial charge in [-0.25, -0.2) is 0 Å². The average molecular weight is 264 g/mol. The summed E-state index contributed by atoms with van der Waals surface area (Å²) < 4.78 is 0. The zero-order valence-corrected chi connectivity index (χ0v) is 11.1. The summed E-state index contributed by atoms with van der Waals surface area (Å²) in [5.41, 5.74) is 9.48. The van der Waals surface area contributed by atoms with E-state index >= 15 is 0 Å². The van der Waals surface area contributed by atoms with Crippen molar-refractivity contribution in [2.75, 3.05) is 5.73 Å². The highest BCUT2D eigenvalue weighted by molar-refractivity contribution is 5.98. The number of pyridine rings is 1. The normalized spacial score (nSPS) is 17.3. The molecule has 3 nitrogen and oxygen atoms in total. The number of hydrogen-bond acceptors (Lipinski definition) is 3. The van der Waals surface area contributed by atoms with Crippen molar-refractivity contribution in [2.24, 2.45) is 0 Å². The average Bonchev–Trinajstić information content (AvgIpc) is 2.90. The molecular formula is C17H16N2O. The van der Waals surface area contributed by atoms with Crippen molar-refractivity contribution in [3.8, 4) is 0 Å². The largest absolute Gasteiger partial charge is 0.399 e. The molecule has 0 aliphatic heterocycles. The lowest BCUT2D eigenvalue weighted by Gasteiger charge is -2.05. The maximum Gasteiger partial charge on any atom is 0.164 e. The van der Waals surface area contributed by atoms with Gasteiger partial charge < -0.3 is 5.73 Å². The third-order valence-corrected chi connectivity index (χ3v) is 3.68. The van der Waals surface area contributed by atoms with Crippen LogP contribution in [0.4, 0.5) is 5.69 Å². The minimum Gasteiger partial charge on any atom is -0.399 e. The fourth-order valence-corrected chi connectivity index (χ4v) is 2.59. The predicted molar refractivity (Wildman–Crippen MR) is 80.2 cm³/mol. The van der Waals surface area contributed by atoms with E-state index in [1.165, 1.54) is 5.56 Å². The number of aromatic nitrogens is 1. The molecule has 1 heterocycles. The zero-order valence-electron chi connectivity index (χ0n) is 11.1. The van der Waals surface area contributed by atoms with Crippen molar-refractivity contribution in [3.05, 3.63) is 65.5 Å². The Balaban J connectivity index is 1.76. The highest BCUT2D eigenvalue weighted by Gasteiger charge is 2.27. The van der Waals surface area contributed by atoms with Gasteiger partial charge in [0.15, 0.2) is 5.78 Å². The van der Waals surface area contributed by atoms with Crippen LogP contribution < -0.4 is 5.73 Å². The first-order chi connectivity index (χ1) is 9.74. The monoisotopic (exact) mass is 264 g/mol. The maximum absolute atomic E-state index is 12.3. The molecule has 0 saturated heterocycles. The third kappa shape index (κ3) is 2.48. The van der Waals surface area contributed by atoms with E-state index in [9.17, 15) is 4.79 Å². The van der Waals surface area contributed by atoms with E-state index in [-0.39, 0.29) is 11.7 Å². The van der Waals surface area contributed by atoms with E-state index in [1.54, 1.807) is 12.3 Å². The van der Waals surface area contributed by atoms with Crippen LogP contribution >= 0.6 is 0 Å². The number of nitrogen functional groups attached to an aromatic ring is 1. The van der Waals surface area contributed by atoms with E-state index < -0.39 is 0 Å². The van der Waals surface area contributed by atoms with E-state index in [4.69, 9.17) is 5.73 Å². The SMILES string of the molecule is Nc1ccc(/C=C/C(=O)C2CCc3cccnc32)cc1. The molecule has 1 atom stereocenters. The number of benzene rings is 1. The van der Waals surface area contributed by atoms with E-state index in [0.717, 1.165) is 29.8 Å². The molecule has 1 unspecified atom stereocenters. The Morgan fingerprint density at radius 2 is 2.05 bits per heavy atom. The smallest absolute Gasteiger partial charge is 0.164 e. The van der Waals surface area contributed by atoms with Gasteiger partial charge in [-0.05, 0) is 48.2 Å². The molecule has 0 saturated carbocycles. The van der Waals surface area contributed by atoms with Gasteiger partial charge in [0, 0.05) is 11.9 Å². The first kappa shape index (κ1) is 12.6. The molecule has 0 amide bonds. The topological polar surface area (TPSA) is 56.0 Å². The quantitative estimate of drug-likeness (QED) is 0.685. The van der Waals surface area contributed by atoms with Gasteiger partial charge in [-0.1, -0.05) is 24.3 Å². The predicted octanol–water partition coefficient (Wildman–Crippen LogP) is 2.98. The second-order valence-electron chi connectivity index (χ2n) is 5.04. The number of hydrogen-bond donors (Lipinski definition) is 1. The lowest BCUT2D eigenvalue weighted by atomic mass is 10.00. The molecular weight excluding hydrogens is 248 g/mol. The highest BCUT2D eigenvalue weighted by Crippen LogP contribution is 2.32. The second kappa shape index (κ2) is 5.29. The van der Waals surface area contributed by atoms with E-state index in [2.05, 4.69) is 11.1 Å². The summed E-state index contributed by atoms with van der Waals surface area (Å²) >= 11 is 0. The van der Waals surface area contributed by atoms with E-state index in [0.29, 0.717) is 0 Å². The number of carbonyl (C=O) groups is 1. The van der Waals surface area contributed by atoms with Crippen LogP contribution in [0, 0.1) is 0 Å². The number of anilines is 1. The number of nitrogens with two attached hydrogens (primary N) is 1. The summed E-state index contributed by atoms with van der Waals surface area (Å²) in [5.74, 6) is 0.0375. The third-order valence-electron chi connectivity index (χ3n) is 3.68. The van der Waals surface area contributed by atoms with Gasteiger partial charge in [0.2, 0.25) is 0 Å². The first-order valence-electron chi connectivity index (χ1n) is 6.75. The lowest BCUT2D eigenvalue weighted by Crippen LogP contribution is -2.07. The molecule has 0 spiro atoms. The van der Waals surface area contributed by atoms with Gasteiger partial charge in [0.05, 0.1) is 11.6 Å². The minimum absolute atomic E-state index is 0.0868. The van der Waals surface area contributed by atoms with E-state index in [1.807, 2.05) is 36.4 Å². The van der Waals surface area contributed by atoms with Crippen LogP contribution in [0.3, 0.4) is 0 Å². The summed E-state index contributed by atoms with van der Waals surface area (Å²) in [6.07, 6.45) is 7.04. The van der Waals surface area contributed by atoms with Crippen LogP contribution in [0.5, 0.6) is 0 Å². The molecule has 3 heteroatoms. The Hall–Kier alpha value is -2.42. The lowest BCUT2D eigenvalue weighted by molar-refractivity contribution is -0.115. The fourth-order valence-electron chi connectivity index (χ4n) is 2.59. The van der Waals surface area contributed by atoms with Crippen LogP contribution in [0.1, 0.15) is 29.2 Å². The van der Waals surface area contributed by atoms with Crippen molar-refractivity contribution in [2.45, 2.75) is 18.8 Å². The Labute approximate surface area is 118 Å². The molecule has 0 fully saturated rings. The Morgan fingerprint density at radius 3 is 2.85 bits per heavy atom. The summed E-state index contributed by atoms with van der Waals surface area (Å²) in [4.78, 5) is 16.7. The molecule has 100 valence electrons. The van der Waals surface area contributed by atoms with Crippen molar-refractivity contribution in [1.29, 1.82) is 0 Å². The van der Waals surface area contributed by atoms with Crippen LogP contribution in [-0.4, -0.2) is 10.8 Å². The second-order valence-corrected chi connectivity index (χ2v) is 5.04. The van der Waals surface area contributed by atoms with Crippen LogP contribution in [0.15, 0.2) is 48.7 Å². The fraction of sp³-hybridized carbons (Fsp3) is 0.176. The Kier molecular flexibility index (Phi) is 3.33. The van der Waals surface area contributed by atoms with Gasteiger partial charge in [0.1, 0.15) is 0 Å². The summed E-state index contributed by atoms with van der Waals surface area (Å²) in [7, 11) is 0. The van der Waals surface area contributed by atoms with Crippen molar-refractivity contribution >= 4 is 17.5 Å².